The van der Waals surface area contributed by atoms with Gasteiger partial charge in [0.2, 0.25) is 0 Å². The van der Waals surface area contributed by atoms with Crippen molar-refractivity contribution >= 4 is 5.69 Å². The Kier molecular flexibility index (Phi) is 4.11. The van der Waals surface area contributed by atoms with E-state index in [1.165, 1.54) is 6.07 Å². The highest BCUT2D eigenvalue weighted by atomic mass is 19.1. The van der Waals surface area contributed by atoms with Crippen molar-refractivity contribution in [2.45, 2.75) is 39.0 Å². The van der Waals surface area contributed by atoms with Crippen LogP contribution in [-0.2, 0) is 0 Å². The molecule has 0 amide bonds. The topological polar surface area (TPSA) is 26.7 Å². The van der Waals surface area contributed by atoms with Crippen molar-refractivity contribution in [1.82, 2.24) is 4.90 Å². The largest absolute Gasteiger partial charge is 0.389 e. The number of aliphatic hydroxyl groups excluding tert-OH is 1. The maximum atomic E-state index is 14.2. The van der Waals surface area contributed by atoms with Gasteiger partial charge < -0.3 is 10.0 Å². The van der Waals surface area contributed by atoms with Crippen LogP contribution in [0.3, 0.4) is 0 Å². The normalized spacial score (nSPS) is 26.5. The van der Waals surface area contributed by atoms with Gasteiger partial charge >= 0.3 is 0 Å². The van der Waals surface area contributed by atoms with Gasteiger partial charge in [0.1, 0.15) is 5.82 Å². The summed E-state index contributed by atoms with van der Waals surface area (Å²) in [5.41, 5.74) is 1.26. The Hall–Kier alpha value is -1.13. The summed E-state index contributed by atoms with van der Waals surface area (Å²) in [6, 6.07) is 5.83. The number of anilines is 1. The van der Waals surface area contributed by atoms with Gasteiger partial charge in [0, 0.05) is 25.2 Å². The number of aliphatic hydroxyl groups is 1. The van der Waals surface area contributed by atoms with E-state index in [0.29, 0.717) is 23.3 Å². The summed E-state index contributed by atoms with van der Waals surface area (Å²) in [6.45, 7) is 7.61. The SMILES string of the molecule is CC1CN(c2ccc([C@H](C)O)cc2F)CC(C)N1C. The zero-order valence-electron chi connectivity index (χ0n) is 12.1. The molecule has 1 fully saturated rings. The molecule has 1 saturated heterocycles. The van der Waals surface area contributed by atoms with E-state index in [-0.39, 0.29) is 5.82 Å². The molecule has 4 heteroatoms. The van der Waals surface area contributed by atoms with Gasteiger partial charge in [0.25, 0.3) is 0 Å². The molecule has 3 nitrogen and oxygen atoms in total. The molecule has 0 spiro atoms. The van der Waals surface area contributed by atoms with Crippen LogP contribution in [0.25, 0.3) is 0 Å². The van der Waals surface area contributed by atoms with Gasteiger partial charge in [0.15, 0.2) is 0 Å². The van der Waals surface area contributed by atoms with Gasteiger partial charge in [-0.2, -0.15) is 0 Å². The number of rotatable bonds is 2. The van der Waals surface area contributed by atoms with E-state index in [1.54, 1.807) is 19.1 Å². The van der Waals surface area contributed by atoms with E-state index in [0.717, 1.165) is 13.1 Å². The van der Waals surface area contributed by atoms with Crippen molar-refractivity contribution in [3.05, 3.63) is 29.6 Å². The van der Waals surface area contributed by atoms with Crippen LogP contribution in [0, 0.1) is 5.82 Å². The molecule has 3 atom stereocenters. The average Bonchev–Trinajstić information content (AvgIpc) is 2.35. The molecular formula is C15H23FN2O. The highest BCUT2D eigenvalue weighted by Crippen LogP contribution is 2.26. The van der Waals surface area contributed by atoms with E-state index >= 15 is 0 Å². The van der Waals surface area contributed by atoms with Gasteiger partial charge in [-0.15, -0.1) is 0 Å². The molecule has 1 aromatic rings. The summed E-state index contributed by atoms with van der Waals surface area (Å²) in [5, 5.41) is 9.48. The number of piperazine rings is 1. The molecule has 106 valence electrons. The maximum Gasteiger partial charge on any atom is 0.146 e. The predicted molar refractivity (Wildman–Crippen MR) is 75.9 cm³/mol. The summed E-state index contributed by atoms with van der Waals surface area (Å²) in [7, 11) is 2.11. The van der Waals surface area contributed by atoms with E-state index in [9.17, 15) is 9.50 Å². The lowest BCUT2D eigenvalue weighted by Gasteiger charge is -2.43. The van der Waals surface area contributed by atoms with E-state index in [2.05, 4.69) is 30.7 Å². The van der Waals surface area contributed by atoms with Crippen LogP contribution in [0.1, 0.15) is 32.4 Å². The van der Waals surface area contributed by atoms with Crippen molar-refractivity contribution in [2.24, 2.45) is 0 Å². The molecule has 19 heavy (non-hydrogen) atoms. The summed E-state index contributed by atoms with van der Waals surface area (Å²) in [4.78, 5) is 4.41. The van der Waals surface area contributed by atoms with Crippen molar-refractivity contribution in [2.75, 3.05) is 25.0 Å². The number of benzene rings is 1. The van der Waals surface area contributed by atoms with Crippen molar-refractivity contribution < 1.29 is 9.50 Å². The van der Waals surface area contributed by atoms with Crippen molar-refractivity contribution in [3.63, 3.8) is 0 Å². The summed E-state index contributed by atoms with van der Waals surface area (Å²) >= 11 is 0. The fourth-order valence-electron chi connectivity index (χ4n) is 2.64. The van der Waals surface area contributed by atoms with E-state index < -0.39 is 6.10 Å². The smallest absolute Gasteiger partial charge is 0.146 e. The molecule has 2 rings (SSSR count). The van der Waals surface area contributed by atoms with Crippen LogP contribution in [-0.4, -0.2) is 42.2 Å². The Bertz CT molecular complexity index is 438. The first kappa shape index (κ1) is 14.3. The molecule has 0 radical (unpaired) electrons. The Morgan fingerprint density at radius 1 is 1.26 bits per heavy atom. The molecule has 1 N–H and O–H groups in total. The average molecular weight is 266 g/mol. The minimum atomic E-state index is -0.631. The van der Waals surface area contributed by atoms with Gasteiger partial charge in [-0.05, 0) is 45.5 Å². The maximum absolute atomic E-state index is 14.2. The molecule has 1 heterocycles. The summed E-state index contributed by atoms with van der Waals surface area (Å²) < 4.78 is 14.2. The highest BCUT2D eigenvalue weighted by Gasteiger charge is 2.27. The summed E-state index contributed by atoms with van der Waals surface area (Å²) in [5.74, 6) is -0.248. The molecule has 1 aromatic carbocycles. The Balaban J connectivity index is 2.23. The first-order valence-electron chi connectivity index (χ1n) is 6.84. The minimum Gasteiger partial charge on any atom is -0.389 e. The van der Waals surface area contributed by atoms with Crippen LogP contribution >= 0.6 is 0 Å². The first-order valence-corrected chi connectivity index (χ1v) is 6.84. The molecule has 1 aliphatic rings. The van der Waals surface area contributed by atoms with Crippen LogP contribution < -0.4 is 4.90 Å². The lowest BCUT2D eigenvalue weighted by Crippen LogP contribution is -2.55. The number of halogens is 1. The molecule has 2 unspecified atom stereocenters. The van der Waals surface area contributed by atoms with E-state index in [1.807, 2.05) is 0 Å². The third-order valence-corrected chi connectivity index (χ3v) is 4.15. The monoisotopic (exact) mass is 266 g/mol. The number of hydrogen-bond donors (Lipinski definition) is 1. The quantitative estimate of drug-likeness (QED) is 0.890. The molecule has 0 aromatic heterocycles. The van der Waals surface area contributed by atoms with Crippen LogP contribution in [0.5, 0.6) is 0 Å². The fourth-order valence-corrected chi connectivity index (χ4v) is 2.64. The van der Waals surface area contributed by atoms with Gasteiger partial charge in [0.05, 0.1) is 11.8 Å². The third kappa shape index (κ3) is 2.90. The molecule has 0 bridgehead atoms. The zero-order chi connectivity index (χ0) is 14.2. The second-order valence-corrected chi connectivity index (χ2v) is 5.66. The minimum absolute atomic E-state index is 0.248. The molecule has 0 saturated carbocycles. The van der Waals surface area contributed by atoms with Crippen molar-refractivity contribution in [3.8, 4) is 0 Å². The zero-order valence-corrected chi connectivity index (χ0v) is 12.1. The van der Waals surface area contributed by atoms with Gasteiger partial charge in [-0.25, -0.2) is 4.39 Å². The number of nitrogens with zero attached hydrogens (tertiary/aromatic N) is 2. The third-order valence-electron chi connectivity index (χ3n) is 4.15. The number of hydrogen-bond acceptors (Lipinski definition) is 3. The molecule has 1 aliphatic heterocycles. The van der Waals surface area contributed by atoms with Crippen LogP contribution in [0.4, 0.5) is 10.1 Å². The fraction of sp³-hybridized carbons (Fsp3) is 0.600. The van der Waals surface area contributed by atoms with E-state index in [4.69, 9.17) is 0 Å². The second-order valence-electron chi connectivity index (χ2n) is 5.66. The standard InChI is InChI=1S/C15H23FN2O/c1-10-8-18(9-11(2)17(10)4)15-6-5-13(12(3)19)7-14(15)16/h5-7,10-12,19H,8-9H2,1-4H3/t10?,11?,12-/m0/s1. The highest BCUT2D eigenvalue weighted by molar-refractivity contribution is 5.50. The molecular weight excluding hydrogens is 243 g/mol. The Morgan fingerprint density at radius 3 is 2.32 bits per heavy atom. The lowest BCUT2D eigenvalue weighted by molar-refractivity contribution is 0.169. The molecule has 0 aliphatic carbocycles. The van der Waals surface area contributed by atoms with Crippen LogP contribution in [0.15, 0.2) is 18.2 Å². The number of likely N-dealkylation sites (N-methyl/N-ethyl adjacent to an activating group) is 1. The van der Waals surface area contributed by atoms with Crippen LogP contribution in [0.2, 0.25) is 0 Å². The lowest BCUT2D eigenvalue weighted by atomic mass is 10.1. The first-order chi connectivity index (χ1) is 8.90. The second kappa shape index (κ2) is 5.47. The van der Waals surface area contributed by atoms with Crippen molar-refractivity contribution in [1.29, 1.82) is 0 Å². The summed E-state index contributed by atoms with van der Waals surface area (Å²) in [6.07, 6.45) is -0.631. The van der Waals surface area contributed by atoms with Gasteiger partial charge in [-0.1, -0.05) is 6.07 Å². The Morgan fingerprint density at radius 2 is 1.84 bits per heavy atom. The van der Waals surface area contributed by atoms with Gasteiger partial charge in [-0.3, -0.25) is 4.90 Å². The Labute approximate surface area is 114 Å². The predicted octanol–water partition coefficient (Wildman–Crippen LogP) is 2.41.